The first-order valence-corrected chi connectivity index (χ1v) is 10.8. The fraction of sp³-hybridized carbons (Fsp3) is 0.636. The van der Waals surface area contributed by atoms with Gasteiger partial charge in [-0.15, -0.1) is 0 Å². The van der Waals surface area contributed by atoms with Gasteiger partial charge >= 0.3 is 6.09 Å². The minimum absolute atomic E-state index is 0.0924. The molecule has 2 N–H and O–H groups in total. The minimum atomic E-state index is -0.502. The average molecular weight is 414 g/mol. The van der Waals surface area contributed by atoms with Crippen molar-refractivity contribution in [2.45, 2.75) is 82.9 Å². The quantitative estimate of drug-likeness (QED) is 0.795. The molecule has 8 nitrogen and oxygen atoms in total. The molecule has 2 aromatic rings. The van der Waals surface area contributed by atoms with Crippen LogP contribution in [0.1, 0.15) is 81.4 Å². The Bertz CT molecular complexity index is 936. The molecule has 2 heterocycles. The lowest BCUT2D eigenvalue weighted by atomic mass is 9.90. The van der Waals surface area contributed by atoms with Crippen molar-refractivity contribution in [2.24, 2.45) is 0 Å². The van der Waals surface area contributed by atoms with E-state index in [0.29, 0.717) is 17.1 Å². The third-order valence-electron chi connectivity index (χ3n) is 5.88. The highest BCUT2D eigenvalue weighted by Crippen LogP contribution is 2.39. The maximum atomic E-state index is 12.9. The zero-order valence-electron chi connectivity index (χ0n) is 18.2. The molecule has 0 radical (unpaired) electrons. The SMILES string of the molecule is CN(C(=O)OC(C)(C)C)C1CCC(NC(=O)c2ccnc3nc(C4CC4)[nH]c23)CC1. The molecule has 2 fully saturated rings. The second kappa shape index (κ2) is 7.89. The number of nitrogens with zero attached hydrogens (tertiary/aromatic N) is 3. The number of H-pyrrole nitrogens is 1. The van der Waals surface area contributed by atoms with Crippen LogP contribution in [-0.4, -0.2) is 56.6 Å². The van der Waals surface area contributed by atoms with E-state index in [1.54, 1.807) is 24.2 Å². The van der Waals surface area contributed by atoms with Gasteiger partial charge in [0.2, 0.25) is 0 Å². The first-order valence-electron chi connectivity index (χ1n) is 10.8. The molecule has 2 amide bonds. The van der Waals surface area contributed by atoms with E-state index in [4.69, 9.17) is 4.74 Å². The Balaban J connectivity index is 1.35. The van der Waals surface area contributed by atoms with Gasteiger partial charge in [-0.2, -0.15) is 0 Å². The van der Waals surface area contributed by atoms with E-state index < -0.39 is 5.60 Å². The van der Waals surface area contributed by atoms with E-state index in [9.17, 15) is 9.59 Å². The van der Waals surface area contributed by atoms with E-state index in [-0.39, 0.29) is 24.1 Å². The van der Waals surface area contributed by atoms with Crippen LogP contribution < -0.4 is 5.32 Å². The monoisotopic (exact) mass is 413 g/mol. The molecule has 0 saturated heterocycles. The van der Waals surface area contributed by atoms with Crippen molar-refractivity contribution >= 4 is 23.2 Å². The van der Waals surface area contributed by atoms with Crippen molar-refractivity contribution in [2.75, 3.05) is 7.05 Å². The summed E-state index contributed by atoms with van der Waals surface area (Å²) in [5, 5.41) is 3.16. The third kappa shape index (κ3) is 4.57. The van der Waals surface area contributed by atoms with Gasteiger partial charge in [0.1, 0.15) is 11.4 Å². The second-order valence-corrected chi connectivity index (χ2v) is 9.52. The number of carbonyl (C=O) groups excluding carboxylic acids is 2. The van der Waals surface area contributed by atoms with E-state index in [1.807, 2.05) is 20.8 Å². The summed E-state index contributed by atoms with van der Waals surface area (Å²) in [7, 11) is 1.79. The average Bonchev–Trinajstić information content (AvgIpc) is 3.45. The molecule has 0 aromatic carbocycles. The van der Waals surface area contributed by atoms with E-state index >= 15 is 0 Å². The van der Waals surface area contributed by atoms with Crippen LogP contribution in [0.5, 0.6) is 0 Å². The molecular formula is C22H31N5O3. The summed E-state index contributed by atoms with van der Waals surface area (Å²) in [5.41, 5.74) is 1.41. The molecule has 2 aliphatic carbocycles. The molecule has 2 aliphatic rings. The van der Waals surface area contributed by atoms with Crippen LogP contribution in [0.15, 0.2) is 12.3 Å². The van der Waals surface area contributed by atoms with Crippen LogP contribution in [0.4, 0.5) is 4.79 Å². The van der Waals surface area contributed by atoms with Gasteiger partial charge in [0.05, 0.1) is 11.1 Å². The number of rotatable bonds is 4. The summed E-state index contributed by atoms with van der Waals surface area (Å²) in [6.07, 6.45) is 6.96. The molecule has 2 aromatic heterocycles. The highest BCUT2D eigenvalue weighted by Gasteiger charge is 2.31. The van der Waals surface area contributed by atoms with Crippen molar-refractivity contribution in [3.8, 4) is 0 Å². The van der Waals surface area contributed by atoms with Gasteiger partial charge in [0, 0.05) is 31.2 Å². The fourth-order valence-corrected chi connectivity index (χ4v) is 4.02. The van der Waals surface area contributed by atoms with Gasteiger partial charge in [0.25, 0.3) is 5.91 Å². The lowest BCUT2D eigenvalue weighted by molar-refractivity contribution is 0.0178. The lowest BCUT2D eigenvalue weighted by Gasteiger charge is -2.35. The number of aromatic amines is 1. The molecule has 0 bridgehead atoms. The van der Waals surface area contributed by atoms with E-state index in [2.05, 4.69) is 20.3 Å². The minimum Gasteiger partial charge on any atom is -0.444 e. The first-order chi connectivity index (χ1) is 14.2. The van der Waals surface area contributed by atoms with Gasteiger partial charge in [-0.1, -0.05) is 0 Å². The maximum Gasteiger partial charge on any atom is 0.410 e. The van der Waals surface area contributed by atoms with Crippen molar-refractivity contribution in [3.05, 3.63) is 23.7 Å². The van der Waals surface area contributed by atoms with Crippen molar-refractivity contribution in [1.82, 2.24) is 25.2 Å². The molecule has 2 saturated carbocycles. The van der Waals surface area contributed by atoms with Crippen molar-refractivity contribution in [1.29, 1.82) is 0 Å². The number of ether oxygens (including phenoxy) is 1. The van der Waals surface area contributed by atoms with Crippen LogP contribution in [0.25, 0.3) is 11.2 Å². The lowest BCUT2D eigenvalue weighted by Crippen LogP contribution is -2.46. The zero-order valence-corrected chi connectivity index (χ0v) is 18.2. The summed E-state index contributed by atoms with van der Waals surface area (Å²) in [5.74, 6) is 1.31. The Morgan fingerprint density at radius 3 is 2.50 bits per heavy atom. The van der Waals surface area contributed by atoms with E-state index in [1.165, 1.54) is 0 Å². The number of amides is 2. The second-order valence-electron chi connectivity index (χ2n) is 9.52. The first kappa shape index (κ1) is 20.6. The number of aromatic nitrogens is 3. The van der Waals surface area contributed by atoms with E-state index in [0.717, 1.165) is 49.9 Å². The summed E-state index contributed by atoms with van der Waals surface area (Å²) >= 11 is 0. The standard InChI is InChI=1S/C22H31N5O3/c1-22(2,3)30-21(29)27(4)15-9-7-14(8-10-15)24-20(28)16-11-12-23-19-17(16)25-18(26-19)13-5-6-13/h11-15H,5-10H2,1-4H3,(H,24,28)(H,23,25,26). The molecule has 30 heavy (non-hydrogen) atoms. The Labute approximate surface area is 176 Å². The van der Waals surface area contributed by atoms with Gasteiger partial charge in [-0.05, 0) is 65.4 Å². The summed E-state index contributed by atoms with van der Waals surface area (Å²) in [6, 6.07) is 1.97. The smallest absolute Gasteiger partial charge is 0.410 e. The van der Waals surface area contributed by atoms with Crippen molar-refractivity contribution < 1.29 is 14.3 Å². The van der Waals surface area contributed by atoms with Crippen LogP contribution in [0.2, 0.25) is 0 Å². The summed E-state index contributed by atoms with van der Waals surface area (Å²) in [6.45, 7) is 5.61. The molecule has 0 atom stereocenters. The van der Waals surface area contributed by atoms with Gasteiger partial charge in [-0.3, -0.25) is 4.79 Å². The fourth-order valence-electron chi connectivity index (χ4n) is 4.02. The number of hydrogen-bond acceptors (Lipinski definition) is 5. The molecule has 8 heteroatoms. The third-order valence-corrected chi connectivity index (χ3v) is 5.88. The molecule has 0 aliphatic heterocycles. The van der Waals surface area contributed by atoms with Gasteiger partial charge in [-0.25, -0.2) is 14.8 Å². The highest BCUT2D eigenvalue weighted by atomic mass is 16.6. The number of pyridine rings is 1. The van der Waals surface area contributed by atoms with Gasteiger partial charge < -0.3 is 19.9 Å². The molecule has 0 unspecified atom stereocenters. The molecule has 4 rings (SSSR count). The van der Waals surface area contributed by atoms with Crippen LogP contribution in [0.3, 0.4) is 0 Å². The van der Waals surface area contributed by atoms with Crippen molar-refractivity contribution in [3.63, 3.8) is 0 Å². The molecule has 0 spiro atoms. The molecule has 162 valence electrons. The Morgan fingerprint density at radius 2 is 1.87 bits per heavy atom. The van der Waals surface area contributed by atoms with Crippen LogP contribution in [-0.2, 0) is 4.74 Å². The number of nitrogens with one attached hydrogen (secondary N) is 2. The van der Waals surface area contributed by atoms with Crippen LogP contribution in [0, 0.1) is 0 Å². The van der Waals surface area contributed by atoms with Crippen LogP contribution >= 0.6 is 0 Å². The Kier molecular flexibility index (Phi) is 5.42. The number of carbonyl (C=O) groups is 2. The topological polar surface area (TPSA) is 100 Å². The zero-order chi connectivity index (χ0) is 21.5. The van der Waals surface area contributed by atoms with Gasteiger partial charge in [0.15, 0.2) is 5.65 Å². The maximum absolute atomic E-state index is 12.9. The summed E-state index contributed by atoms with van der Waals surface area (Å²) in [4.78, 5) is 39.1. The number of hydrogen-bond donors (Lipinski definition) is 2. The predicted molar refractivity (Wildman–Crippen MR) is 113 cm³/mol. The Hall–Kier alpha value is -2.64. The highest BCUT2D eigenvalue weighted by molar-refractivity contribution is 6.04. The normalized spacial score (nSPS) is 22.0. The summed E-state index contributed by atoms with van der Waals surface area (Å²) < 4.78 is 5.47. The Morgan fingerprint density at radius 1 is 1.17 bits per heavy atom. The molecular weight excluding hydrogens is 382 g/mol. The number of fused-ring (bicyclic) bond motifs is 1. The predicted octanol–water partition coefficient (Wildman–Crippen LogP) is 3.74. The largest absolute Gasteiger partial charge is 0.444 e. The number of imidazole rings is 1.